The van der Waals surface area contributed by atoms with Gasteiger partial charge in [0.2, 0.25) is 0 Å². The van der Waals surface area contributed by atoms with Crippen LogP contribution >= 0.6 is 0 Å². The van der Waals surface area contributed by atoms with Crippen LogP contribution in [0.25, 0.3) is 0 Å². The SMILES string of the molecule is CCCCC1CCC(CO)(CCOC(C)(C)C)CC1. The second kappa shape index (κ2) is 7.64. The fraction of sp³-hybridized carbons (Fsp3) is 1.00. The first-order valence-electron chi connectivity index (χ1n) is 8.16. The zero-order valence-electron chi connectivity index (χ0n) is 13.5. The molecule has 114 valence electrons. The Balaban J connectivity index is 2.33. The van der Waals surface area contributed by atoms with Gasteiger partial charge >= 0.3 is 0 Å². The number of hydrogen-bond donors (Lipinski definition) is 1. The van der Waals surface area contributed by atoms with E-state index in [9.17, 15) is 5.11 Å². The Bertz CT molecular complexity index is 234. The quantitative estimate of drug-likeness (QED) is 0.735. The molecule has 1 fully saturated rings. The maximum absolute atomic E-state index is 9.78. The van der Waals surface area contributed by atoms with Gasteiger partial charge in [-0.15, -0.1) is 0 Å². The Morgan fingerprint density at radius 3 is 2.32 bits per heavy atom. The minimum Gasteiger partial charge on any atom is -0.396 e. The van der Waals surface area contributed by atoms with Gasteiger partial charge in [-0.25, -0.2) is 0 Å². The van der Waals surface area contributed by atoms with Crippen molar-refractivity contribution in [2.75, 3.05) is 13.2 Å². The summed E-state index contributed by atoms with van der Waals surface area (Å²) in [6.07, 6.45) is 10.0. The molecule has 1 N–H and O–H groups in total. The van der Waals surface area contributed by atoms with E-state index in [-0.39, 0.29) is 11.0 Å². The Morgan fingerprint density at radius 2 is 1.84 bits per heavy atom. The fourth-order valence-electron chi connectivity index (χ4n) is 3.13. The van der Waals surface area contributed by atoms with E-state index in [1.54, 1.807) is 0 Å². The molecule has 0 saturated heterocycles. The van der Waals surface area contributed by atoms with Crippen molar-refractivity contribution < 1.29 is 9.84 Å². The summed E-state index contributed by atoms with van der Waals surface area (Å²) >= 11 is 0. The third-order valence-electron chi connectivity index (χ3n) is 4.63. The van der Waals surface area contributed by atoms with Crippen LogP contribution in [0.1, 0.15) is 79.1 Å². The monoisotopic (exact) mass is 270 g/mol. The maximum atomic E-state index is 9.78. The summed E-state index contributed by atoms with van der Waals surface area (Å²) < 4.78 is 5.84. The standard InChI is InChI=1S/C17H34O2/c1-5-6-7-15-8-10-17(14-18,11-9-15)12-13-19-16(2,3)4/h15,18H,5-14H2,1-4H3. The van der Waals surface area contributed by atoms with Crippen LogP contribution in [0.3, 0.4) is 0 Å². The van der Waals surface area contributed by atoms with Gasteiger partial charge in [-0.1, -0.05) is 26.2 Å². The molecule has 1 saturated carbocycles. The summed E-state index contributed by atoms with van der Waals surface area (Å²) in [5.74, 6) is 0.906. The van der Waals surface area contributed by atoms with Crippen LogP contribution < -0.4 is 0 Å². The van der Waals surface area contributed by atoms with Gasteiger partial charge in [-0.3, -0.25) is 0 Å². The highest BCUT2D eigenvalue weighted by Gasteiger charge is 2.34. The summed E-state index contributed by atoms with van der Waals surface area (Å²) in [4.78, 5) is 0. The van der Waals surface area contributed by atoms with Crippen molar-refractivity contribution in [1.29, 1.82) is 0 Å². The van der Waals surface area contributed by atoms with Crippen LogP contribution in [-0.2, 0) is 4.74 Å². The van der Waals surface area contributed by atoms with E-state index >= 15 is 0 Å². The number of aliphatic hydroxyl groups is 1. The average Bonchev–Trinajstić information content (AvgIpc) is 2.36. The molecular weight excluding hydrogens is 236 g/mol. The zero-order chi connectivity index (χ0) is 14.4. The third-order valence-corrected chi connectivity index (χ3v) is 4.63. The molecule has 19 heavy (non-hydrogen) atoms. The molecule has 0 amide bonds. The molecule has 0 aromatic carbocycles. The van der Waals surface area contributed by atoms with Gasteiger partial charge in [0.15, 0.2) is 0 Å². The summed E-state index contributed by atoms with van der Waals surface area (Å²) in [6.45, 7) is 9.68. The lowest BCUT2D eigenvalue weighted by atomic mass is 9.68. The van der Waals surface area contributed by atoms with Gasteiger partial charge in [0.05, 0.1) is 5.60 Å². The fourth-order valence-corrected chi connectivity index (χ4v) is 3.13. The predicted molar refractivity (Wildman–Crippen MR) is 81.3 cm³/mol. The van der Waals surface area contributed by atoms with Crippen molar-refractivity contribution >= 4 is 0 Å². The Labute approximate surface area is 119 Å². The summed E-state index contributed by atoms with van der Waals surface area (Å²) in [5.41, 5.74) is 0.0862. The number of aliphatic hydroxyl groups excluding tert-OH is 1. The second-order valence-electron chi connectivity index (χ2n) is 7.45. The molecule has 0 radical (unpaired) electrons. The highest BCUT2D eigenvalue weighted by atomic mass is 16.5. The molecule has 0 unspecified atom stereocenters. The minimum atomic E-state index is -0.0605. The normalized spacial score (nSPS) is 28.6. The summed E-state index contributed by atoms with van der Waals surface area (Å²) in [6, 6.07) is 0. The van der Waals surface area contributed by atoms with Crippen LogP contribution in [0.15, 0.2) is 0 Å². The first-order valence-corrected chi connectivity index (χ1v) is 8.16. The van der Waals surface area contributed by atoms with Crippen LogP contribution in [-0.4, -0.2) is 23.9 Å². The lowest BCUT2D eigenvalue weighted by Crippen LogP contribution is -2.33. The molecule has 1 aliphatic carbocycles. The van der Waals surface area contributed by atoms with Crippen molar-refractivity contribution in [1.82, 2.24) is 0 Å². The molecule has 0 heterocycles. The van der Waals surface area contributed by atoms with E-state index in [1.807, 2.05) is 0 Å². The van der Waals surface area contributed by atoms with Crippen molar-refractivity contribution in [3.8, 4) is 0 Å². The maximum Gasteiger partial charge on any atom is 0.0598 e. The molecule has 1 rings (SSSR count). The van der Waals surface area contributed by atoms with Crippen molar-refractivity contribution in [3.63, 3.8) is 0 Å². The van der Waals surface area contributed by atoms with Crippen molar-refractivity contribution in [3.05, 3.63) is 0 Å². The molecule has 0 aliphatic heterocycles. The summed E-state index contributed by atoms with van der Waals surface area (Å²) in [7, 11) is 0. The van der Waals surface area contributed by atoms with E-state index in [0.29, 0.717) is 6.61 Å². The molecule has 2 nitrogen and oxygen atoms in total. The Hall–Kier alpha value is -0.0800. The molecule has 1 aliphatic rings. The molecule has 0 spiro atoms. The topological polar surface area (TPSA) is 29.5 Å². The van der Waals surface area contributed by atoms with E-state index < -0.39 is 0 Å². The lowest BCUT2D eigenvalue weighted by molar-refractivity contribution is -0.0378. The molecule has 0 aromatic heterocycles. The van der Waals surface area contributed by atoms with Gasteiger partial charge in [0.25, 0.3) is 0 Å². The van der Waals surface area contributed by atoms with Crippen LogP contribution in [0.2, 0.25) is 0 Å². The third kappa shape index (κ3) is 6.27. The molecule has 0 aromatic rings. The Kier molecular flexibility index (Phi) is 6.82. The van der Waals surface area contributed by atoms with Crippen LogP contribution in [0.4, 0.5) is 0 Å². The van der Waals surface area contributed by atoms with Crippen molar-refractivity contribution in [2.24, 2.45) is 11.3 Å². The Morgan fingerprint density at radius 1 is 1.21 bits per heavy atom. The lowest BCUT2D eigenvalue weighted by Gasteiger charge is -2.39. The molecule has 2 heteroatoms. The van der Waals surface area contributed by atoms with Gasteiger partial charge in [0.1, 0.15) is 0 Å². The molecular formula is C17H34O2. The second-order valence-corrected chi connectivity index (χ2v) is 7.45. The molecule has 0 bridgehead atoms. The first-order chi connectivity index (χ1) is 8.91. The van der Waals surface area contributed by atoms with E-state index in [2.05, 4.69) is 27.7 Å². The number of unbranched alkanes of at least 4 members (excludes halogenated alkanes) is 1. The number of ether oxygens (including phenoxy) is 1. The van der Waals surface area contributed by atoms with Gasteiger partial charge in [-0.2, -0.15) is 0 Å². The number of rotatable bonds is 7. The predicted octanol–water partition coefficient (Wildman–Crippen LogP) is 4.55. The number of hydrogen-bond acceptors (Lipinski definition) is 2. The first kappa shape index (κ1) is 17.0. The highest BCUT2D eigenvalue weighted by molar-refractivity contribution is 4.85. The smallest absolute Gasteiger partial charge is 0.0598 e. The largest absolute Gasteiger partial charge is 0.396 e. The summed E-state index contributed by atoms with van der Waals surface area (Å²) in [5, 5.41) is 9.78. The highest BCUT2D eigenvalue weighted by Crippen LogP contribution is 2.42. The van der Waals surface area contributed by atoms with Gasteiger partial charge in [0, 0.05) is 13.2 Å². The van der Waals surface area contributed by atoms with Crippen molar-refractivity contribution in [2.45, 2.75) is 84.7 Å². The van der Waals surface area contributed by atoms with E-state index in [4.69, 9.17) is 4.74 Å². The van der Waals surface area contributed by atoms with E-state index in [0.717, 1.165) is 18.9 Å². The van der Waals surface area contributed by atoms with Crippen LogP contribution in [0.5, 0.6) is 0 Å². The zero-order valence-corrected chi connectivity index (χ0v) is 13.5. The van der Waals surface area contributed by atoms with E-state index in [1.165, 1.54) is 44.9 Å². The van der Waals surface area contributed by atoms with Gasteiger partial charge in [-0.05, 0) is 64.2 Å². The minimum absolute atomic E-state index is 0.0605. The van der Waals surface area contributed by atoms with Crippen LogP contribution in [0, 0.1) is 11.3 Å². The average molecular weight is 270 g/mol. The molecule has 0 atom stereocenters. The van der Waals surface area contributed by atoms with Gasteiger partial charge < -0.3 is 9.84 Å².